The Hall–Kier alpha value is -7.04. The van der Waals surface area contributed by atoms with E-state index in [-0.39, 0.29) is 0 Å². The predicted octanol–water partition coefficient (Wildman–Crippen LogP) is 17.1. The number of aryl methyl sites for hydroxylation is 8. The van der Waals surface area contributed by atoms with E-state index in [1.54, 1.807) is 0 Å². The molecule has 0 atom stereocenters. The lowest BCUT2D eigenvalue weighted by Gasteiger charge is -2.28. The highest BCUT2D eigenvalue weighted by Crippen LogP contribution is 2.38. The van der Waals surface area contributed by atoms with Gasteiger partial charge < -0.3 is 19.6 Å². The lowest BCUT2D eigenvalue weighted by Crippen LogP contribution is -2.23. The molecule has 0 saturated carbocycles. The van der Waals surface area contributed by atoms with Crippen molar-refractivity contribution in [2.45, 2.75) is 93.9 Å². The summed E-state index contributed by atoms with van der Waals surface area (Å²) in [5, 5.41) is 7.87. The molecule has 0 aliphatic rings. The maximum atomic E-state index is 2.51. The zero-order chi connectivity index (χ0) is 50.1. The number of hydrogen-bond acceptors (Lipinski definition) is 4. The number of rotatable bonds is 21. The van der Waals surface area contributed by atoms with Gasteiger partial charge in [-0.2, -0.15) is 0 Å². The molecule has 0 radical (unpaired) electrons. The fourth-order valence-corrected chi connectivity index (χ4v) is 11.3. The molecule has 0 fully saturated rings. The third-order valence-corrected chi connectivity index (χ3v) is 15.5. The minimum atomic E-state index is 0.981. The van der Waals surface area contributed by atoms with Crippen molar-refractivity contribution in [2.24, 2.45) is 0 Å². The molecule has 0 unspecified atom stereocenters. The molecule has 0 aromatic heterocycles. The van der Waals surface area contributed by atoms with Gasteiger partial charge in [0.1, 0.15) is 0 Å². The molecule has 0 aliphatic heterocycles. The smallest absolute Gasteiger partial charge is 0.0464 e. The van der Waals surface area contributed by atoms with Gasteiger partial charge in [0.05, 0.1) is 0 Å². The average Bonchev–Trinajstić information content (AvgIpc) is 3.41. The van der Waals surface area contributed by atoms with Crippen LogP contribution in [0.1, 0.15) is 86.1 Å². The first-order chi connectivity index (χ1) is 35.2. The molecular formula is C68H76N4. The number of nitrogens with zero attached hydrogens (tertiary/aromatic N) is 4. The first-order valence-electron chi connectivity index (χ1n) is 27.1. The van der Waals surface area contributed by atoms with Crippen LogP contribution >= 0.6 is 0 Å². The number of benzene rings is 9. The second-order valence-corrected chi connectivity index (χ2v) is 19.7. The molecular weight excluding hydrogens is 873 g/mol. The van der Waals surface area contributed by atoms with Gasteiger partial charge in [0.25, 0.3) is 0 Å². The van der Waals surface area contributed by atoms with Crippen molar-refractivity contribution in [3.63, 3.8) is 0 Å². The highest BCUT2D eigenvalue weighted by molar-refractivity contribution is 5.90. The van der Waals surface area contributed by atoms with Crippen molar-refractivity contribution in [3.05, 3.63) is 214 Å². The summed E-state index contributed by atoms with van der Waals surface area (Å²) in [4.78, 5) is 9.99. The van der Waals surface area contributed by atoms with Crippen LogP contribution in [0, 0.1) is 13.8 Å². The first-order valence-corrected chi connectivity index (χ1v) is 27.1. The van der Waals surface area contributed by atoms with Gasteiger partial charge in [-0.15, -0.1) is 0 Å². The molecule has 0 amide bonds. The molecule has 368 valence electrons. The van der Waals surface area contributed by atoms with Crippen LogP contribution in [0.2, 0.25) is 0 Å². The zero-order valence-electron chi connectivity index (χ0n) is 44.4. The van der Waals surface area contributed by atoms with Gasteiger partial charge in [0.2, 0.25) is 0 Å². The zero-order valence-corrected chi connectivity index (χ0v) is 44.4. The molecule has 4 nitrogen and oxygen atoms in total. The average molecular weight is 949 g/mol. The summed E-state index contributed by atoms with van der Waals surface area (Å²) in [6.07, 6.45) is 5.94. The molecule has 9 aromatic rings. The standard InChI is InChI=1S/C68H76N4/c1-9-69(10-2)66-46-57-24-18-15-21-54(57)43-60(66)30-27-51-28-37-63(38-29-51)72(64-39-35-52(49(7)41-64)31-33-61-44-55-22-16-19-25-58(55)47-67(61)70(11-3)12-4)65-40-36-53(50(8)42-65)32-34-62-45-56-23-17-20-26-59(56)48-68(62)71(13-5)14-6/h15-26,28-29,35-48H,9-14,27,30-34H2,1-8H3. The molecule has 0 spiro atoms. The van der Waals surface area contributed by atoms with Crippen molar-refractivity contribution in [1.29, 1.82) is 0 Å². The normalized spacial score (nSPS) is 11.4. The molecule has 0 heterocycles. The Kier molecular flexibility index (Phi) is 16.0. The first kappa shape index (κ1) is 49.9. The minimum Gasteiger partial charge on any atom is -0.372 e. The fourth-order valence-electron chi connectivity index (χ4n) is 11.3. The molecule has 0 N–H and O–H groups in total. The lowest BCUT2D eigenvalue weighted by molar-refractivity contribution is 0.847. The Morgan fingerprint density at radius 1 is 0.278 bits per heavy atom. The van der Waals surface area contributed by atoms with Crippen LogP contribution < -0.4 is 19.6 Å². The molecule has 0 aliphatic carbocycles. The number of anilines is 6. The molecule has 9 aromatic carbocycles. The molecule has 0 saturated heterocycles. The number of hydrogen-bond donors (Lipinski definition) is 0. The van der Waals surface area contributed by atoms with E-state index in [9.17, 15) is 0 Å². The summed E-state index contributed by atoms with van der Waals surface area (Å²) in [5.41, 5.74) is 18.7. The Balaban J connectivity index is 1.02. The fraction of sp³-hybridized carbons (Fsp3) is 0.294. The molecule has 0 bridgehead atoms. The quantitative estimate of drug-likeness (QED) is 0.0711. The largest absolute Gasteiger partial charge is 0.372 e. The second-order valence-electron chi connectivity index (χ2n) is 19.7. The summed E-state index contributed by atoms with van der Waals surface area (Å²) in [6.45, 7) is 24.2. The number of fused-ring (bicyclic) bond motifs is 3. The van der Waals surface area contributed by atoms with Crippen LogP contribution in [0.4, 0.5) is 34.1 Å². The minimum absolute atomic E-state index is 0.981. The highest BCUT2D eigenvalue weighted by atomic mass is 15.1. The van der Waals surface area contributed by atoms with Gasteiger partial charge in [-0.25, -0.2) is 0 Å². The van der Waals surface area contributed by atoms with Crippen LogP contribution in [0.25, 0.3) is 32.3 Å². The van der Waals surface area contributed by atoms with Gasteiger partial charge in [-0.05, 0) is 244 Å². The van der Waals surface area contributed by atoms with E-state index in [0.29, 0.717) is 0 Å². The summed E-state index contributed by atoms with van der Waals surface area (Å²) < 4.78 is 0. The maximum absolute atomic E-state index is 2.51. The predicted molar refractivity (Wildman–Crippen MR) is 315 cm³/mol. The maximum Gasteiger partial charge on any atom is 0.0464 e. The van der Waals surface area contributed by atoms with Gasteiger partial charge >= 0.3 is 0 Å². The van der Waals surface area contributed by atoms with Crippen molar-refractivity contribution < 1.29 is 0 Å². The summed E-state index contributed by atoms with van der Waals surface area (Å²) in [7, 11) is 0. The third kappa shape index (κ3) is 10.9. The third-order valence-electron chi connectivity index (χ3n) is 15.5. The van der Waals surface area contributed by atoms with Crippen LogP contribution in [-0.2, 0) is 38.5 Å². The summed E-state index contributed by atoms with van der Waals surface area (Å²) in [6, 6.07) is 64.6. The van der Waals surface area contributed by atoms with Crippen molar-refractivity contribution in [1.82, 2.24) is 0 Å². The monoisotopic (exact) mass is 949 g/mol. The Morgan fingerprint density at radius 3 is 0.889 bits per heavy atom. The molecule has 72 heavy (non-hydrogen) atoms. The van der Waals surface area contributed by atoms with Crippen molar-refractivity contribution in [3.8, 4) is 0 Å². The molecule has 4 heteroatoms. The van der Waals surface area contributed by atoms with Crippen molar-refractivity contribution in [2.75, 3.05) is 58.9 Å². The Morgan fingerprint density at radius 2 is 0.569 bits per heavy atom. The van der Waals surface area contributed by atoms with Gasteiger partial charge in [-0.3, -0.25) is 0 Å². The van der Waals surface area contributed by atoms with Crippen LogP contribution in [0.3, 0.4) is 0 Å². The van der Waals surface area contributed by atoms with E-state index in [1.165, 1.54) is 111 Å². The van der Waals surface area contributed by atoms with Crippen molar-refractivity contribution >= 4 is 66.4 Å². The van der Waals surface area contributed by atoms with E-state index >= 15 is 0 Å². The van der Waals surface area contributed by atoms with E-state index in [2.05, 4.69) is 245 Å². The van der Waals surface area contributed by atoms with E-state index in [1.807, 2.05) is 0 Å². The highest BCUT2D eigenvalue weighted by Gasteiger charge is 2.19. The van der Waals surface area contributed by atoms with Crippen LogP contribution in [0.5, 0.6) is 0 Å². The van der Waals surface area contributed by atoms with E-state index in [4.69, 9.17) is 0 Å². The lowest BCUT2D eigenvalue weighted by atomic mass is 9.95. The Bertz CT molecular complexity index is 3110. The van der Waals surface area contributed by atoms with Gasteiger partial charge in [-0.1, -0.05) is 97.1 Å². The van der Waals surface area contributed by atoms with Gasteiger partial charge in [0.15, 0.2) is 0 Å². The summed E-state index contributed by atoms with van der Waals surface area (Å²) >= 11 is 0. The molecule has 9 rings (SSSR count). The summed E-state index contributed by atoms with van der Waals surface area (Å²) in [5.74, 6) is 0. The second kappa shape index (κ2) is 23.0. The van der Waals surface area contributed by atoms with E-state index in [0.717, 1.165) is 77.8 Å². The van der Waals surface area contributed by atoms with Crippen LogP contribution in [-0.4, -0.2) is 39.3 Å². The van der Waals surface area contributed by atoms with Gasteiger partial charge in [0, 0.05) is 73.4 Å². The topological polar surface area (TPSA) is 13.0 Å². The SMILES string of the molecule is CCN(CC)c1cc2ccccc2cc1CCc1ccc(N(c2ccc(CCc3cc4ccccc4cc3N(CC)CC)c(C)c2)c2ccc(CCc3cc4ccccc4cc3N(CC)CC)c(C)c2)cc1. The van der Waals surface area contributed by atoms with Crippen LogP contribution in [0.15, 0.2) is 170 Å². The Labute approximate surface area is 431 Å². The van der Waals surface area contributed by atoms with E-state index < -0.39 is 0 Å².